The summed E-state index contributed by atoms with van der Waals surface area (Å²) in [6.07, 6.45) is 8.66. The van der Waals surface area contributed by atoms with Gasteiger partial charge in [-0.15, -0.1) is 0 Å². The van der Waals surface area contributed by atoms with Crippen LogP contribution < -0.4 is 10.6 Å². The molecule has 4 aliphatic heterocycles. The van der Waals surface area contributed by atoms with Gasteiger partial charge in [-0.05, 0) is 115 Å². The quantitative estimate of drug-likeness (QED) is 0.100. The van der Waals surface area contributed by atoms with Crippen LogP contribution in [0.4, 0.5) is 9.59 Å². The fourth-order valence-electron chi connectivity index (χ4n) is 10.7. The lowest BCUT2D eigenvalue weighted by atomic mass is 9.88. The molecule has 0 saturated carbocycles. The minimum Gasteiger partial charge on any atom is -0.453 e. The van der Waals surface area contributed by atoms with Crippen LogP contribution in [0.1, 0.15) is 88.9 Å². The van der Waals surface area contributed by atoms with Gasteiger partial charge >= 0.3 is 12.2 Å². The van der Waals surface area contributed by atoms with Crippen molar-refractivity contribution in [1.29, 1.82) is 0 Å². The van der Waals surface area contributed by atoms with E-state index in [1.807, 2.05) is 22.2 Å². The van der Waals surface area contributed by atoms with Gasteiger partial charge in [-0.25, -0.2) is 19.6 Å². The number of imidazole rings is 2. The van der Waals surface area contributed by atoms with Gasteiger partial charge in [0.05, 0.1) is 50.1 Å². The van der Waals surface area contributed by atoms with Gasteiger partial charge in [0, 0.05) is 45.1 Å². The van der Waals surface area contributed by atoms with Crippen LogP contribution in [-0.4, -0.2) is 120 Å². The molecule has 16 nitrogen and oxygen atoms in total. The molecule has 16 heteroatoms. The van der Waals surface area contributed by atoms with Crippen LogP contribution >= 0.6 is 0 Å². The van der Waals surface area contributed by atoms with Crippen molar-refractivity contribution in [3.05, 3.63) is 84.7 Å². The maximum absolute atomic E-state index is 14.3. The van der Waals surface area contributed by atoms with E-state index in [9.17, 15) is 19.2 Å². The number of likely N-dealkylation sites (tertiary alicyclic amines) is 2. The third-order valence-corrected chi connectivity index (χ3v) is 14.6. The summed E-state index contributed by atoms with van der Waals surface area (Å²) in [6, 6.07) is 19.4. The molecule has 0 spiro atoms. The Morgan fingerprint density at radius 3 is 1.46 bits per heavy atom. The second-order valence-electron chi connectivity index (χ2n) is 19.2. The first-order chi connectivity index (χ1) is 33.1. The number of carbonyl (C=O) groups excluding carboxylic acids is 4. The monoisotopic (exact) mass is 928 g/mol. The molecule has 5 aromatic rings. The molecule has 360 valence electrons. The van der Waals surface area contributed by atoms with E-state index in [1.54, 1.807) is 0 Å². The number of nitrogens with one attached hydrogen (secondary N) is 4. The number of H-pyrrole nitrogens is 2. The molecule has 4 aliphatic rings. The maximum atomic E-state index is 14.3. The highest BCUT2D eigenvalue weighted by molar-refractivity contribution is 5.91. The average Bonchev–Trinajstić information content (AvgIpc) is 4.09. The summed E-state index contributed by atoms with van der Waals surface area (Å²) in [5.74, 6) is 1.80. The number of nitrogens with zero attached hydrogens (tertiary/aromatic N) is 4. The van der Waals surface area contributed by atoms with E-state index in [0.29, 0.717) is 77.0 Å². The topological polar surface area (TPSA) is 193 Å². The predicted octanol–water partition coefficient (Wildman–Crippen LogP) is 8.19. The zero-order chi connectivity index (χ0) is 47.3. The second-order valence-corrected chi connectivity index (χ2v) is 19.2. The predicted molar refractivity (Wildman–Crippen MR) is 256 cm³/mol. The normalized spacial score (nSPS) is 22.6. The van der Waals surface area contributed by atoms with E-state index in [4.69, 9.17) is 28.9 Å². The lowest BCUT2D eigenvalue weighted by Gasteiger charge is -2.41. The molecule has 2 unspecified atom stereocenters. The van der Waals surface area contributed by atoms with Gasteiger partial charge in [0.2, 0.25) is 11.8 Å². The summed E-state index contributed by atoms with van der Waals surface area (Å²) in [4.78, 5) is 74.1. The van der Waals surface area contributed by atoms with Crippen molar-refractivity contribution < 1.29 is 38.1 Å². The van der Waals surface area contributed by atoms with Crippen molar-refractivity contribution in [2.24, 2.45) is 23.7 Å². The number of fused-ring (bicyclic) bond motifs is 1. The number of carbonyl (C=O) groups is 4. The third-order valence-electron chi connectivity index (χ3n) is 14.6. The summed E-state index contributed by atoms with van der Waals surface area (Å²) in [7, 11) is 2.64. The molecule has 3 aromatic carbocycles. The number of aromatic nitrogens is 4. The molecule has 4 amide bonds. The Morgan fingerprint density at radius 2 is 0.985 bits per heavy atom. The van der Waals surface area contributed by atoms with Gasteiger partial charge < -0.3 is 49.3 Å². The lowest BCUT2D eigenvalue weighted by Crippen LogP contribution is -2.55. The number of ether oxygens (including phenoxy) is 4. The largest absolute Gasteiger partial charge is 0.453 e. The van der Waals surface area contributed by atoms with E-state index in [1.165, 1.54) is 14.2 Å². The molecule has 6 heterocycles. The van der Waals surface area contributed by atoms with Crippen molar-refractivity contribution in [3.63, 3.8) is 0 Å². The minimum atomic E-state index is -0.704. The molecule has 4 N–H and O–H groups in total. The van der Waals surface area contributed by atoms with Gasteiger partial charge in [-0.2, -0.15) is 0 Å². The molecule has 68 heavy (non-hydrogen) atoms. The highest BCUT2D eigenvalue weighted by Crippen LogP contribution is 2.38. The van der Waals surface area contributed by atoms with Gasteiger partial charge in [0.25, 0.3) is 0 Å². The van der Waals surface area contributed by atoms with Crippen molar-refractivity contribution >= 4 is 34.8 Å². The van der Waals surface area contributed by atoms with E-state index >= 15 is 0 Å². The van der Waals surface area contributed by atoms with E-state index in [2.05, 4.69) is 95.1 Å². The van der Waals surface area contributed by atoms with Crippen LogP contribution in [0, 0.1) is 23.7 Å². The fourth-order valence-corrected chi connectivity index (χ4v) is 10.7. The SMILES string of the molecule is COC(=O)NC(C(=O)N1C[C@@H](C)CC[C@H]1c1ncc(-c2ccc(-c3ccc4cc(-c5cnc([C@@H]6CC[C@H](C)CN6C(=O)C(NC(=O)OC)C6CCOCC6)[nH]5)ccc4c3)cc2)[nH]1)C1CCOCC1. The third kappa shape index (κ3) is 10.3. The fraction of sp³-hybridized carbons (Fsp3) is 0.500. The second kappa shape index (κ2) is 20.9. The number of rotatable bonds is 11. The van der Waals surface area contributed by atoms with Gasteiger partial charge in [-0.3, -0.25) is 9.59 Å². The zero-order valence-electron chi connectivity index (χ0n) is 39.5. The summed E-state index contributed by atoms with van der Waals surface area (Å²) in [6.45, 7) is 7.69. The van der Waals surface area contributed by atoms with E-state index in [0.717, 1.165) is 81.7 Å². The van der Waals surface area contributed by atoms with Crippen LogP contribution in [-0.2, 0) is 28.5 Å². The van der Waals surface area contributed by atoms with Crippen molar-refractivity contribution in [3.8, 4) is 33.6 Å². The highest BCUT2D eigenvalue weighted by atomic mass is 16.5. The van der Waals surface area contributed by atoms with Gasteiger partial charge in [0.1, 0.15) is 23.7 Å². The summed E-state index contributed by atoms with van der Waals surface area (Å²) >= 11 is 0. The average molecular weight is 929 g/mol. The Balaban J connectivity index is 0.885. The standard InChI is InChI=1S/C52H64N8O8/c1-31-5-15-43(59(29-31)49(61)45(57-51(63)65-3)35-17-21-67-22-18-35)47-53-27-41(55-47)34-9-7-33(8-10-34)37-11-12-39-26-40(14-13-38(39)25-37)42-28-54-48(56-42)44-16-6-32(2)30-60(44)50(62)46(58-52(64)66-4)36-19-23-68-24-20-36/h7-14,25-28,31-32,35-36,43-46H,5-6,15-24,29-30H2,1-4H3,(H,53,55)(H,54,56)(H,57,63)(H,58,64)/t31-,32-,43-,44-,45?,46?/m0/s1. The van der Waals surface area contributed by atoms with Crippen LogP contribution in [0.15, 0.2) is 73.1 Å². The Morgan fingerprint density at radius 1 is 0.574 bits per heavy atom. The van der Waals surface area contributed by atoms with Crippen molar-refractivity contribution in [1.82, 2.24) is 40.4 Å². The number of benzene rings is 3. The summed E-state index contributed by atoms with van der Waals surface area (Å²) in [5, 5.41) is 7.90. The zero-order valence-corrected chi connectivity index (χ0v) is 39.5. The van der Waals surface area contributed by atoms with Gasteiger partial charge in [0.15, 0.2) is 0 Å². The molecular weight excluding hydrogens is 865 g/mol. The number of hydrogen-bond donors (Lipinski definition) is 4. The van der Waals surface area contributed by atoms with Crippen molar-refractivity contribution in [2.45, 2.75) is 89.4 Å². The molecule has 0 bridgehead atoms. The highest BCUT2D eigenvalue weighted by Gasteiger charge is 2.42. The number of alkyl carbamates (subject to hydrolysis) is 2. The Bertz CT molecular complexity index is 2560. The first-order valence-corrected chi connectivity index (χ1v) is 24.3. The Labute approximate surface area is 397 Å². The molecule has 2 aromatic heterocycles. The summed E-state index contributed by atoms with van der Waals surface area (Å²) in [5.41, 5.74) is 5.89. The van der Waals surface area contributed by atoms with Crippen molar-refractivity contribution in [2.75, 3.05) is 53.7 Å². The number of amides is 4. The number of hydrogen-bond acceptors (Lipinski definition) is 10. The smallest absolute Gasteiger partial charge is 0.407 e. The Kier molecular flexibility index (Phi) is 14.4. The first kappa shape index (κ1) is 46.8. The molecule has 0 radical (unpaired) electrons. The first-order valence-electron chi connectivity index (χ1n) is 24.3. The van der Waals surface area contributed by atoms with Gasteiger partial charge in [-0.1, -0.05) is 62.4 Å². The molecule has 4 saturated heterocycles. The van der Waals surface area contributed by atoms with Crippen LogP contribution in [0.2, 0.25) is 0 Å². The number of methoxy groups -OCH3 is 2. The molecule has 0 aliphatic carbocycles. The molecule has 9 rings (SSSR count). The number of piperidine rings is 2. The molecule has 4 fully saturated rings. The maximum Gasteiger partial charge on any atom is 0.407 e. The van der Waals surface area contributed by atoms with E-state index in [-0.39, 0.29) is 35.7 Å². The minimum absolute atomic E-state index is 0.0415. The Hall–Kier alpha value is -6.26. The van der Waals surface area contributed by atoms with Crippen LogP contribution in [0.25, 0.3) is 44.4 Å². The molecular formula is C52H64N8O8. The van der Waals surface area contributed by atoms with E-state index < -0.39 is 24.3 Å². The van der Waals surface area contributed by atoms with Crippen LogP contribution in [0.5, 0.6) is 0 Å². The lowest BCUT2D eigenvalue weighted by molar-refractivity contribution is -0.141. The van der Waals surface area contributed by atoms with Crippen LogP contribution in [0.3, 0.4) is 0 Å². The molecule has 6 atom stereocenters. The summed E-state index contributed by atoms with van der Waals surface area (Å²) < 4.78 is 21.0. The number of aromatic amines is 2.